The number of hydrogen-bond donors (Lipinski definition) is 3. The molecule has 5 rings (SSSR count). The maximum atomic E-state index is 12.4. The number of alkyl carbamates (subject to hydrolysis) is 1. The molecule has 10 heteroatoms. The van der Waals surface area contributed by atoms with Gasteiger partial charge in [0, 0.05) is 16.1 Å². The molecule has 3 aromatic carbocycles. The summed E-state index contributed by atoms with van der Waals surface area (Å²) in [5.74, 6) is 1.06. The van der Waals surface area contributed by atoms with E-state index in [-0.39, 0.29) is 13.2 Å². The van der Waals surface area contributed by atoms with Crippen molar-refractivity contribution in [2.75, 3.05) is 46.0 Å². The number of amides is 2. The van der Waals surface area contributed by atoms with E-state index in [1.807, 2.05) is 12.1 Å². The summed E-state index contributed by atoms with van der Waals surface area (Å²) in [4.78, 5) is 28.1. The van der Waals surface area contributed by atoms with Crippen molar-refractivity contribution >= 4 is 33.4 Å². The van der Waals surface area contributed by atoms with Crippen LogP contribution in [-0.4, -0.2) is 79.6 Å². The molecule has 4 aromatic rings. The first-order valence-corrected chi connectivity index (χ1v) is 17.1. The second kappa shape index (κ2) is 16.1. The summed E-state index contributed by atoms with van der Waals surface area (Å²) in [7, 11) is 0. The van der Waals surface area contributed by atoms with E-state index in [4.69, 9.17) is 14.2 Å². The van der Waals surface area contributed by atoms with Gasteiger partial charge in [0.15, 0.2) is 0 Å². The Balaban J connectivity index is 1.16. The van der Waals surface area contributed by atoms with E-state index in [0.717, 1.165) is 24.3 Å². The number of carbonyl (C=O) groups is 2. The molecule has 1 aromatic heterocycles. The molecule has 0 radical (unpaired) electrons. The highest BCUT2D eigenvalue weighted by Crippen LogP contribution is 2.40. The molecule has 1 saturated heterocycles. The van der Waals surface area contributed by atoms with E-state index in [2.05, 4.69) is 76.2 Å². The minimum Gasteiger partial charge on any atom is -0.492 e. The van der Waals surface area contributed by atoms with Crippen LogP contribution >= 0.6 is 11.3 Å². The van der Waals surface area contributed by atoms with Crippen molar-refractivity contribution in [2.45, 2.75) is 51.7 Å². The van der Waals surface area contributed by atoms with Crippen molar-refractivity contribution in [1.29, 1.82) is 0 Å². The Morgan fingerprint density at radius 3 is 2.26 bits per heavy atom. The number of aliphatic hydroxyl groups excluding tert-OH is 1. The number of likely N-dealkylation sites (tertiary alicyclic amines) is 1. The number of benzene rings is 3. The SMILES string of the molecule is CC(C)(C)OC(=O)NC(CO)C(=O)NCCOc1ccc(-c2sc3ccccc3c2Cc2ccc(OCCN3CCCC3)cc2)cc1. The predicted octanol–water partition coefficient (Wildman–Crippen LogP) is 6.01. The van der Waals surface area contributed by atoms with Crippen LogP contribution in [0.5, 0.6) is 11.5 Å². The highest BCUT2D eigenvalue weighted by Gasteiger charge is 2.23. The lowest BCUT2D eigenvalue weighted by Gasteiger charge is -2.22. The van der Waals surface area contributed by atoms with Crippen LogP contribution in [0.15, 0.2) is 72.8 Å². The normalized spacial score (nSPS) is 14.1. The highest BCUT2D eigenvalue weighted by molar-refractivity contribution is 7.22. The molecule has 0 aliphatic carbocycles. The van der Waals surface area contributed by atoms with E-state index >= 15 is 0 Å². The van der Waals surface area contributed by atoms with Crippen LogP contribution in [0.2, 0.25) is 0 Å². The zero-order valence-electron chi connectivity index (χ0n) is 27.4. The van der Waals surface area contributed by atoms with Gasteiger partial charge in [0.1, 0.15) is 36.4 Å². The fourth-order valence-corrected chi connectivity index (χ4v) is 6.75. The first-order chi connectivity index (χ1) is 22.7. The molecule has 47 heavy (non-hydrogen) atoms. The largest absolute Gasteiger partial charge is 0.492 e. The van der Waals surface area contributed by atoms with Crippen LogP contribution in [0, 0.1) is 0 Å². The van der Waals surface area contributed by atoms with Crippen molar-refractivity contribution in [3.63, 3.8) is 0 Å². The lowest BCUT2D eigenvalue weighted by Crippen LogP contribution is -2.50. The van der Waals surface area contributed by atoms with E-state index in [1.54, 1.807) is 32.1 Å². The summed E-state index contributed by atoms with van der Waals surface area (Å²) in [6.07, 6.45) is 2.62. The third-order valence-corrected chi connectivity index (χ3v) is 9.12. The zero-order chi connectivity index (χ0) is 33.2. The lowest BCUT2D eigenvalue weighted by atomic mass is 9.99. The van der Waals surface area contributed by atoms with E-state index in [0.29, 0.717) is 12.4 Å². The Bertz CT molecular complexity index is 1610. The van der Waals surface area contributed by atoms with Crippen molar-refractivity contribution in [3.05, 3.63) is 83.9 Å². The molecule has 250 valence electrons. The summed E-state index contributed by atoms with van der Waals surface area (Å²) in [6, 6.07) is 23.9. The number of fused-ring (bicyclic) bond motifs is 1. The van der Waals surface area contributed by atoms with Gasteiger partial charge in [-0.2, -0.15) is 0 Å². The third-order valence-electron chi connectivity index (χ3n) is 7.85. The van der Waals surface area contributed by atoms with Gasteiger partial charge in [0.25, 0.3) is 0 Å². The number of carbonyl (C=O) groups excluding carboxylic acids is 2. The van der Waals surface area contributed by atoms with Gasteiger partial charge in [-0.1, -0.05) is 30.3 Å². The highest BCUT2D eigenvalue weighted by atomic mass is 32.1. The summed E-state index contributed by atoms with van der Waals surface area (Å²) in [5.41, 5.74) is 2.93. The summed E-state index contributed by atoms with van der Waals surface area (Å²) in [5, 5.41) is 15.9. The van der Waals surface area contributed by atoms with Gasteiger partial charge in [-0.05, 0) is 118 Å². The molecule has 3 N–H and O–H groups in total. The molecule has 0 saturated carbocycles. The van der Waals surface area contributed by atoms with Crippen LogP contribution in [0.25, 0.3) is 20.5 Å². The van der Waals surface area contributed by atoms with Crippen LogP contribution in [0.3, 0.4) is 0 Å². The predicted molar refractivity (Wildman–Crippen MR) is 186 cm³/mol. The topological polar surface area (TPSA) is 109 Å². The van der Waals surface area contributed by atoms with Crippen molar-refractivity contribution < 1.29 is 28.9 Å². The molecule has 1 fully saturated rings. The number of hydrogen-bond acceptors (Lipinski definition) is 8. The number of thiophene rings is 1. The van der Waals surface area contributed by atoms with Crippen molar-refractivity contribution in [2.24, 2.45) is 0 Å². The zero-order valence-corrected chi connectivity index (χ0v) is 28.2. The summed E-state index contributed by atoms with van der Waals surface area (Å²) in [6.45, 7) is 9.09. The van der Waals surface area contributed by atoms with Gasteiger partial charge in [-0.15, -0.1) is 11.3 Å². The molecule has 2 amide bonds. The Morgan fingerprint density at radius 1 is 0.915 bits per heavy atom. The standard InChI is InChI=1S/C37H45N3O6S/c1-37(2,3)46-36(43)39-32(25-41)35(42)38-18-22-44-29-16-12-27(13-17-29)34-31(30-8-4-5-9-33(30)47-34)24-26-10-14-28(15-11-26)45-23-21-40-19-6-7-20-40/h4-5,8-17,32,41H,6-7,18-25H2,1-3H3,(H,38,42)(H,39,43). The Labute approximate surface area is 280 Å². The second-order valence-corrected chi connectivity index (χ2v) is 13.7. The molecule has 9 nitrogen and oxygen atoms in total. The lowest BCUT2D eigenvalue weighted by molar-refractivity contribution is -0.124. The first kappa shape index (κ1) is 34.2. The first-order valence-electron chi connectivity index (χ1n) is 16.2. The van der Waals surface area contributed by atoms with E-state index < -0.39 is 30.3 Å². The van der Waals surface area contributed by atoms with Gasteiger partial charge in [-0.25, -0.2) is 4.79 Å². The van der Waals surface area contributed by atoms with Gasteiger partial charge in [0.2, 0.25) is 5.91 Å². The van der Waals surface area contributed by atoms with Crippen LogP contribution in [0.1, 0.15) is 44.7 Å². The molecule has 1 atom stereocenters. The second-order valence-electron chi connectivity index (χ2n) is 12.7. The van der Waals surface area contributed by atoms with E-state index in [9.17, 15) is 14.7 Å². The average molecular weight is 660 g/mol. The maximum Gasteiger partial charge on any atom is 0.408 e. The Hall–Kier alpha value is -4.12. The minimum atomic E-state index is -1.12. The Kier molecular flexibility index (Phi) is 11.7. The molecular weight excluding hydrogens is 614 g/mol. The summed E-state index contributed by atoms with van der Waals surface area (Å²) >= 11 is 1.79. The van der Waals surface area contributed by atoms with Gasteiger partial charge >= 0.3 is 6.09 Å². The maximum absolute atomic E-state index is 12.4. The van der Waals surface area contributed by atoms with Gasteiger partial charge in [0.05, 0.1) is 13.2 Å². The minimum absolute atomic E-state index is 0.204. The fourth-order valence-electron chi connectivity index (χ4n) is 5.53. The van der Waals surface area contributed by atoms with Crippen molar-refractivity contribution in [3.8, 4) is 21.9 Å². The molecule has 0 bridgehead atoms. The number of aliphatic hydroxyl groups is 1. The molecule has 1 aliphatic heterocycles. The quantitative estimate of drug-likeness (QED) is 0.142. The van der Waals surface area contributed by atoms with Gasteiger partial charge < -0.3 is 30.0 Å². The fraction of sp³-hybridized carbons (Fsp3) is 0.405. The molecule has 0 spiro atoms. The summed E-state index contributed by atoms with van der Waals surface area (Å²) < 4.78 is 18.3. The van der Waals surface area contributed by atoms with Gasteiger partial charge in [-0.3, -0.25) is 9.69 Å². The number of nitrogens with zero attached hydrogens (tertiary/aromatic N) is 1. The molecule has 1 unspecified atom stereocenters. The number of nitrogens with one attached hydrogen (secondary N) is 2. The van der Waals surface area contributed by atoms with Crippen LogP contribution < -0.4 is 20.1 Å². The third kappa shape index (κ3) is 9.93. The number of rotatable bonds is 14. The van der Waals surface area contributed by atoms with Crippen molar-refractivity contribution in [1.82, 2.24) is 15.5 Å². The monoisotopic (exact) mass is 659 g/mol. The molecule has 2 heterocycles. The average Bonchev–Trinajstić information content (AvgIpc) is 3.70. The number of ether oxygens (including phenoxy) is 3. The van der Waals surface area contributed by atoms with Crippen LogP contribution in [0.4, 0.5) is 4.79 Å². The van der Waals surface area contributed by atoms with E-state index in [1.165, 1.54) is 52.0 Å². The molecule has 1 aliphatic rings. The molecular formula is C37H45N3O6S. The Morgan fingerprint density at radius 2 is 1.57 bits per heavy atom. The smallest absolute Gasteiger partial charge is 0.408 e. The van der Waals surface area contributed by atoms with Crippen LogP contribution in [-0.2, 0) is 16.0 Å².